The molecule has 122 valence electrons. The zero-order valence-corrected chi connectivity index (χ0v) is 13.2. The number of hydrogen-bond acceptors (Lipinski definition) is 4. The number of aryl methyl sites for hydroxylation is 2. The van der Waals surface area contributed by atoms with Gasteiger partial charge in [-0.3, -0.25) is 4.79 Å². The van der Waals surface area contributed by atoms with E-state index in [0.717, 1.165) is 27.7 Å². The highest BCUT2D eigenvalue weighted by molar-refractivity contribution is 5.90. The average molecular weight is 317 g/mol. The Kier molecular flexibility index (Phi) is 4.09. The number of ether oxygens (including phenoxy) is 1. The predicted octanol–water partition coefficient (Wildman–Crippen LogP) is 1.90. The first-order chi connectivity index (χ1) is 11.0. The quantitative estimate of drug-likeness (QED) is 0.935. The Morgan fingerprint density at radius 1 is 1.35 bits per heavy atom. The van der Waals surface area contributed by atoms with Gasteiger partial charge in [0.1, 0.15) is 5.58 Å². The number of morpholine rings is 1. The number of hydrogen-bond donors (Lipinski definition) is 1. The summed E-state index contributed by atoms with van der Waals surface area (Å²) in [6, 6.07) is 3.97. The Labute approximate surface area is 133 Å². The number of nitrogens with zero attached hydrogens (tertiary/aromatic N) is 1. The second kappa shape index (κ2) is 6.04. The molecule has 6 nitrogen and oxygen atoms in total. The van der Waals surface area contributed by atoms with Crippen molar-refractivity contribution in [2.24, 2.45) is 0 Å². The van der Waals surface area contributed by atoms with E-state index in [2.05, 4.69) is 0 Å². The SMILES string of the molecule is Cc1ccc2c(CC(=O)N3CCO[C@@H](C(=O)O)C3)coc2c1C. The maximum absolute atomic E-state index is 12.5. The first-order valence-corrected chi connectivity index (χ1v) is 7.56. The Hall–Kier alpha value is -2.34. The Morgan fingerprint density at radius 3 is 2.87 bits per heavy atom. The van der Waals surface area contributed by atoms with Crippen molar-refractivity contribution in [2.45, 2.75) is 26.4 Å². The number of carboxylic acid groups (broad SMARTS) is 1. The van der Waals surface area contributed by atoms with E-state index in [9.17, 15) is 9.59 Å². The maximum Gasteiger partial charge on any atom is 0.334 e. The van der Waals surface area contributed by atoms with Crippen LogP contribution in [0.15, 0.2) is 22.8 Å². The molecule has 0 spiro atoms. The van der Waals surface area contributed by atoms with Crippen LogP contribution in [0.2, 0.25) is 0 Å². The van der Waals surface area contributed by atoms with Gasteiger partial charge in [-0.15, -0.1) is 0 Å². The first kappa shape index (κ1) is 15.6. The van der Waals surface area contributed by atoms with Gasteiger partial charge in [-0.2, -0.15) is 0 Å². The summed E-state index contributed by atoms with van der Waals surface area (Å²) in [6.45, 7) is 4.75. The van der Waals surface area contributed by atoms with Crippen LogP contribution in [0.3, 0.4) is 0 Å². The van der Waals surface area contributed by atoms with Crippen LogP contribution in [0, 0.1) is 13.8 Å². The molecule has 1 saturated heterocycles. The number of carbonyl (C=O) groups is 2. The van der Waals surface area contributed by atoms with Crippen LogP contribution in [0.4, 0.5) is 0 Å². The number of carboxylic acids is 1. The van der Waals surface area contributed by atoms with Gasteiger partial charge < -0.3 is 19.2 Å². The van der Waals surface area contributed by atoms with Crippen molar-refractivity contribution >= 4 is 22.8 Å². The maximum atomic E-state index is 12.5. The number of carbonyl (C=O) groups excluding carboxylic acids is 1. The summed E-state index contributed by atoms with van der Waals surface area (Å²) in [4.78, 5) is 25.0. The lowest BCUT2D eigenvalue weighted by atomic mass is 10.0. The third-order valence-electron chi connectivity index (χ3n) is 4.38. The van der Waals surface area contributed by atoms with E-state index in [1.54, 1.807) is 11.2 Å². The van der Waals surface area contributed by atoms with Crippen LogP contribution in [-0.4, -0.2) is 47.7 Å². The van der Waals surface area contributed by atoms with E-state index < -0.39 is 12.1 Å². The number of benzene rings is 1. The van der Waals surface area contributed by atoms with E-state index in [0.29, 0.717) is 6.54 Å². The Balaban J connectivity index is 1.78. The number of amides is 1. The van der Waals surface area contributed by atoms with Crippen molar-refractivity contribution in [3.63, 3.8) is 0 Å². The molecule has 6 heteroatoms. The second-order valence-corrected chi connectivity index (χ2v) is 5.86. The van der Waals surface area contributed by atoms with Crippen LogP contribution in [0.25, 0.3) is 11.0 Å². The fourth-order valence-electron chi connectivity index (χ4n) is 2.83. The molecular weight excluding hydrogens is 298 g/mol. The fourth-order valence-corrected chi connectivity index (χ4v) is 2.83. The minimum absolute atomic E-state index is 0.0854. The van der Waals surface area contributed by atoms with Crippen molar-refractivity contribution in [2.75, 3.05) is 19.7 Å². The smallest absolute Gasteiger partial charge is 0.334 e. The van der Waals surface area contributed by atoms with Crippen molar-refractivity contribution in [1.29, 1.82) is 0 Å². The van der Waals surface area contributed by atoms with Gasteiger partial charge >= 0.3 is 5.97 Å². The van der Waals surface area contributed by atoms with Gasteiger partial charge in [0.25, 0.3) is 0 Å². The molecule has 1 aromatic carbocycles. The second-order valence-electron chi connectivity index (χ2n) is 5.86. The third-order valence-corrected chi connectivity index (χ3v) is 4.38. The highest BCUT2D eigenvalue weighted by Crippen LogP contribution is 2.27. The summed E-state index contributed by atoms with van der Waals surface area (Å²) in [7, 11) is 0. The summed E-state index contributed by atoms with van der Waals surface area (Å²) in [5.41, 5.74) is 3.84. The molecule has 1 aliphatic heterocycles. The van der Waals surface area contributed by atoms with Crippen molar-refractivity contribution < 1.29 is 23.8 Å². The Bertz CT molecular complexity index is 764. The van der Waals surface area contributed by atoms with Crippen LogP contribution >= 0.6 is 0 Å². The van der Waals surface area contributed by atoms with Gasteiger partial charge in [0.2, 0.25) is 5.91 Å². The first-order valence-electron chi connectivity index (χ1n) is 7.56. The molecule has 1 atom stereocenters. The summed E-state index contributed by atoms with van der Waals surface area (Å²) in [5.74, 6) is -1.15. The van der Waals surface area contributed by atoms with Crippen LogP contribution in [0.5, 0.6) is 0 Å². The summed E-state index contributed by atoms with van der Waals surface area (Å²) in [5, 5.41) is 9.95. The molecule has 23 heavy (non-hydrogen) atoms. The average Bonchev–Trinajstić information content (AvgIpc) is 2.94. The lowest BCUT2D eigenvalue weighted by Gasteiger charge is -2.30. The predicted molar refractivity (Wildman–Crippen MR) is 83.3 cm³/mol. The molecular formula is C17H19NO5. The molecule has 0 radical (unpaired) electrons. The van der Waals surface area contributed by atoms with Crippen molar-refractivity contribution in [3.05, 3.63) is 35.1 Å². The van der Waals surface area contributed by atoms with Gasteiger partial charge in [0.05, 0.1) is 25.8 Å². The van der Waals surface area contributed by atoms with Crippen LogP contribution in [-0.2, 0) is 20.7 Å². The van der Waals surface area contributed by atoms with Crippen LogP contribution < -0.4 is 0 Å². The summed E-state index contributed by atoms with van der Waals surface area (Å²) >= 11 is 0. The molecule has 1 N–H and O–H groups in total. The number of furan rings is 1. The molecule has 3 rings (SSSR count). The van der Waals surface area contributed by atoms with E-state index in [4.69, 9.17) is 14.3 Å². The number of fused-ring (bicyclic) bond motifs is 1. The van der Waals surface area contributed by atoms with E-state index >= 15 is 0 Å². The van der Waals surface area contributed by atoms with Crippen LogP contribution in [0.1, 0.15) is 16.7 Å². The summed E-state index contributed by atoms with van der Waals surface area (Å²) < 4.78 is 10.8. The lowest BCUT2D eigenvalue weighted by molar-refractivity contribution is -0.159. The molecule has 0 bridgehead atoms. The fraction of sp³-hybridized carbons (Fsp3) is 0.412. The minimum atomic E-state index is -1.04. The number of aliphatic carboxylic acids is 1. The third kappa shape index (κ3) is 2.94. The van der Waals surface area contributed by atoms with Crippen molar-refractivity contribution in [1.82, 2.24) is 4.90 Å². The van der Waals surface area contributed by atoms with E-state index in [1.165, 1.54) is 0 Å². The van der Waals surface area contributed by atoms with Gasteiger partial charge in [-0.25, -0.2) is 4.79 Å². The molecule has 0 saturated carbocycles. The van der Waals surface area contributed by atoms with Gasteiger partial charge in [0, 0.05) is 17.5 Å². The van der Waals surface area contributed by atoms with E-state index in [-0.39, 0.29) is 25.5 Å². The highest BCUT2D eigenvalue weighted by Gasteiger charge is 2.29. The monoisotopic (exact) mass is 317 g/mol. The van der Waals surface area contributed by atoms with Gasteiger partial charge in [0.15, 0.2) is 6.10 Å². The number of rotatable bonds is 3. The molecule has 0 unspecified atom stereocenters. The lowest BCUT2D eigenvalue weighted by Crippen LogP contribution is -2.49. The van der Waals surface area contributed by atoms with Crippen molar-refractivity contribution in [3.8, 4) is 0 Å². The largest absolute Gasteiger partial charge is 0.479 e. The Morgan fingerprint density at radius 2 is 2.13 bits per heavy atom. The zero-order chi connectivity index (χ0) is 16.6. The molecule has 1 fully saturated rings. The minimum Gasteiger partial charge on any atom is -0.479 e. The molecule has 2 aromatic rings. The molecule has 1 aromatic heterocycles. The molecule has 0 aliphatic carbocycles. The highest BCUT2D eigenvalue weighted by atomic mass is 16.5. The summed E-state index contributed by atoms with van der Waals surface area (Å²) in [6.07, 6.45) is 0.866. The molecule has 2 heterocycles. The van der Waals surface area contributed by atoms with E-state index in [1.807, 2.05) is 26.0 Å². The van der Waals surface area contributed by atoms with Gasteiger partial charge in [-0.1, -0.05) is 12.1 Å². The van der Waals surface area contributed by atoms with Gasteiger partial charge in [-0.05, 0) is 25.0 Å². The molecule has 1 aliphatic rings. The topological polar surface area (TPSA) is 80.0 Å². The zero-order valence-electron chi connectivity index (χ0n) is 13.2. The standard InChI is InChI=1S/C17H19NO5/c1-10-3-4-13-12(9-23-16(13)11(10)2)7-15(19)18-5-6-22-14(8-18)17(20)21/h3-4,9,14H,5-8H2,1-2H3,(H,20,21)/t14-/m1/s1. The normalized spacial score (nSPS) is 18.3. The molecule has 1 amide bonds.